The van der Waals surface area contributed by atoms with Gasteiger partial charge in [-0.15, -0.1) is 0 Å². The molecule has 1 aliphatic heterocycles. The molecule has 0 radical (unpaired) electrons. The third-order valence-electron chi connectivity index (χ3n) is 5.51. The highest BCUT2D eigenvalue weighted by Gasteiger charge is 2.28. The third-order valence-corrected chi connectivity index (χ3v) is 5.51. The van der Waals surface area contributed by atoms with Crippen molar-refractivity contribution in [2.45, 2.75) is 26.8 Å². The molecule has 1 unspecified atom stereocenters. The van der Waals surface area contributed by atoms with Gasteiger partial charge >= 0.3 is 0 Å². The largest absolute Gasteiger partial charge is 0.340 e. The molecular formula is C24H29N3O3. The number of hydrogen-bond acceptors (Lipinski definition) is 4. The SMILES string of the molecule is CC(C)C(=O)N1CCN(C(C)C(=O)Nc2ccccc2C(=O)c2ccccc2)CC1. The molecule has 6 heteroatoms. The van der Waals surface area contributed by atoms with E-state index in [-0.39, 0.29) is 29.6 Å². The van der Waals surface area contributed by atoms with E-state index in [2.05, 4.69) is 10.2 Å². The second-order valence-corrected chi connectivity index (χ2v) is 7.92. The zero-order valence-electron chi connectivity index (χ0n) is 17.8. The Balaban J connectivity index is 1.65. The molecule has 2 amide bonds. The summed E-state index contributed by atoms with van der Waals surface area (Å²) in [4.78, 5) is 41.9. The van der Waals surface area contributed by atoms with Crippen LogP contribution in [-0.2, 0) is 9.59 Å². The molecule has 0 saturated carbocycles. The van der Waals surface area contributed by atoms with Crippen LogP contribution in [0.5, 0.6) is 0 Å². The Bertz CT molecular complexity index is 903. The number of piperazine rings is 1. The zero-order chi connectivity index (χ0) is 21.7. The number of anilines is 1. The van der Waals surface area contributed by atoms with E-state index in [1.54, 1.807) is 36.4 Å². The molecule has 0 aliphatic carbocycles. The van der Waals surface area contributed by atoms with Gasteiger partial charge in [0.15, 0.2) is 5.78 Å². The van der Waals surface area contributed by atoms with Crippen molar-refractivity contribution in [2.24, 2.45) is 5.92 Å². The zero-order valence-corrected chi connectivity index (χ0v) is 17.8. The topological polar surface area (TPSA) is 69.7 Å². The Morgan fingerprint density at radius 1 is 0.833 bits per heavy atom. The third kappa shape index (κ3) is 4.94. The Kier molecular flexibility index (Phi) is 7.00. The predicted octanol–water partition coefficient (Wildman–Crippen LogP) is 3.04. The number of carbonyl (C=O) groups excluding carboxylic acids is 3. The van der Waals surface area contributed by atoms with Crippen LogP contribution in [0.15, 0.2) is 54.6 Å². The number of hydrogen-bond donors (Lipinski definition) is 1. The standard InChI is InChI=1S/C24H29N3O3/c1-17(2)24(30)27-15-13-26(14-16-27)18(3)23(29)25-21-12-8-7-11-20(21)22(28)19-9-5-4-6-10-19/h4-12,17-18H,13-16H2,1-3H3,(H,25,29). The molecule has 0 bridgehead atoms. The summed E-state index contributed by atoms with van der Waals surface area (Å²) in [6, 6.07) is 15.7. The fourth-order valence-electron chi connectivity index (χ4n) is 3.63. The minimum absolute atomic E-state index is 0.0177. The normalized spacial score (nSPS) is 15.7. The first kappa shape index (κ1) is 21.7. The van der Waals surface area contributed by atoms with E-state index in [9.17, 15) is 14.4 Å². The van der Waals surface area contributed by atoms with Crippen molar-refractivity contribution in [3.05, 3.63) is 65.7 Å². The maximum Gasteiger partial charge on any atom is 0.241 e. The molecule has 1 heterocycles. The van der Waals surface area contributed by atoms with E-state index in [0.717, 1.165) is 0 Å². The van der Waals surface area contributed by atoms with Gasteiger partial charge in [0.1, 0.15) is 0 Å². The number of ketones is 1. The summed E-state index contributed by atoms with van der Waals surface area (Å²) in [6.07, 6.45) is 0. The van der Waals surface area contributed by atoms with Crippen LogP contribution >= 0.6 is 0 Å². The predicted molar refractivity (Wildman–Crippen MR) is 117 cm³/mol. The summed E-state index contributed by atoms with van der Waals surface area (Å²) in [7, 11) is 0. The highest BCUT2D eigenvalue weighted by Crippen LogP contribution is 2.20. The maximum atomic E-state index is 12.9. The van der Waals surface area contributed by atoms with E-state index in [0.29, 0.717) is 43.0 Å². The van der Waals surface area contributed by atoms with Crippen LogP contribution in [0.25, 0.3) is 0 Å². The highest BCUT2D eigenvalue weighted by molar-refractivity contribution is 6.14. The summed E-state index contributed by atoms with van der Waals surface area (Å²) < 4.78 is 0. The van der Waals surface area contributed by atoms with Gasteiger partial charge in [0.25, 0.3) is 0 Å². The molecule has 0 spiro atoms. The Morgan fingerprint density at radius 2 is 1.43 bits per heavy atom. The first-order valence-electron chi connectivity index (χ1n) is 10.4. The average Bonchev–Trinajstić information content (AvgIpc) is 2.78. The van der Waals surface area contributed by atoms with Gasteiger partial charge in [0.2, 0.25) is 11.8 Å². The van der Waals surface area contributed by atoms with Gasteiger partial charge in [-0.1, -0.05) is 56.3 Å². The van der Waals surface area contributed by atoms with Gasteiger partial charge in [0.05, 0.1) is 11.7 Å². The number of amides is 2. The van der Waals surface area contributed by atoms with Gasteiger partial charge in [-0.05, 0) is 19.1 Å². The number of para-hydroxylation sites is 1. The lowest BCUT2D eigenvalue weighted by Crippen LogP contribution is -2.54. The summed E-state index contributed by atoms with van der Waals surface area (Å²) in [5.74, 6) is -0.150. The van der Waals surface area contributed by atoms with Crippen LogP contribution < -0.4 is 5.32 Å². The van der Waals surface area contributed by atoms with Crippen LogP contribution in [0.2, 0.25) is 0 Å². The molecule has 30 heavy (non-hydrogen) atoms. The lowest BCUT2D eigenvalue weighted by atomic mass is 10.0. The number of carbonyl (C=O) groups is 3. The highest BCUT2D eigenvalue weighted by atomic mass is 16.2. The van der Waals surface area contributed by atoms with Crippen LogP contribution in [0.3, 0.4) is 0 Å². The van der Waals surface area contributed by atoms with Crippen LogP contribution in [0.1, 0.15) is 36.7 Å². The molecule has 3 rings (SSSR count). The van der Waals surface area contributed by atoms with Crippen molar-refractivity contribution in [2.75, 3.05) is 31.5 Å². The summed E-state index contributed by atoms with van der Waals surface area (Å²) in [5, 5.41) is 2.93. The second-order valence-electron chi connectivity index (χ2n) is 7.92. The second kappa shape index (κ2) is 9.67. The molecule has 2 aromatic rings. The van der Waals surface area contributed by atoms with Gasteiger partial charge in [-0.3, -0.25) is 19.3 Å². The van der Waals surface area contributed by atoms with Gasteiger partial charge in [0, 0.05) is 43.2 Å². The van der Waals surface area contributed by atoms with Gasteiger partial charge in [-0.25, -0.2) is 0 Å². The quantitative estimate of drug-likeness (QED) is 0.748. The molecular weight excluding hydrogens is 378 g/mol. The average molecular weight is 408 g/mol. The van der Waals surface area contributed by atoms with E-state index in [1.807, 2.05) is 43.9 Å². The minimum atomic E-state index is -0.360. The van der Waals surface area contributed by atoms with Crippen molar-refractivity contribution in [1.29, 1.82) is 0 Å². The van der Waals surface area contributed by atoms with Crippen LogP contribution in [0.4, 0.5) is 5.69 Å². The van der Waals surface area contributed by atoms with Crippen LogP contribution in [-0.4, -0.2) is 59.6 Å². The lowest BCUT2D eigenvalue weighted by molar-refractivity contribution is -0.136. The van der Waals surface area contributed by atoms with Crippen molar-refractivity contribution in [3.63, 3.8) is 0 Å². The van der Waals surface area contributed by atoms with E-state index in [1.165, 1.54) is 0 Å². The van der Waals surface area contributed by atoms with Crippen molar-refractivity contribution in [1.82, 2.24) is 9.80 Å². The molecule has 1 atom stereocenters. The first-order chi connectivity index (χ1) is 14.4. The molecule has 2 aromatic carbocycles. The Hall–Kier alpha value is -2.99. The number of nitrogens with zero attached hydrogens (tertiary/aromatic N) is 2. The number of nitrogens with one attached hydrogen (secondary N) is 1. The molecule has 6 nitrogen and oxygen atoms in total. The van der Waals surface area contributed by atoms with Crippen molar-refractivity contribution >= 4 is 23.3 Å². The summed E-state index contributed by atoms with van der Waals surface area (Å²) >= 11 is 0. The monoisotopic (exact) mass is 407 g/mol. The van der Waals surface area contributed by atoms with E-state index >= 15 is 0 Å². The van der Waals surface area contributed by atoms with Crippen molar-refractivity contribution < 1.29 is 14.4 Å². The first-order valence-corrected chi connectivity index (χ1v) is 10.4. The number of benzene rings is 2. The van der Waals surface area contributed by atoms with Crippen LogP contribution in [0, 0.1) is 5.92 Å². The molecule has 0 aromatic heterocycles. The fraction of sp³-hybridized carbons (Fsp3) is 0.375. The minimum Gasteiger partial charge on any atom is -0.340 e. The molecule has 1 N–H and O–H groups in total. The Labute approximate surface area is 177 Å². The molecule has 1 aliphatic rings. The maximum absolute atomic E-state index is 12.9. The number of rotatable bonds is 6. The summed E-state index contributed by atoms with van der Waals surface area (Å²) in [6.45, 7) is 8.21. The summed E-state index contributed by atoms with van der Waals surface area (Å²) in [5.41, 5.74) is 1.56. The Morgan fingerprint density at radius 3 is 2.07 bits per heavy atom. The van der Waals surface area contributed by atoms with Gasteiger partial charge < -0.3 is 10.2 Å². The van der Waals surface area contributed by atoms with Gasteiger partial charge in [-0.2, -0.15) is 0 Å². The molecule has 158 valence electrons. The molecule has 1 saturated heterocycles. The van der Waals surface area contributed by atoms with Crippen molar-refractivity contribution in [3.8, 4) is 0 Å². The van der Waals surface area contributed by atoms with E-state index < -0.39 is 0 Å². The smallest absolute Gasteiger partial charge is 0.241 e. The fourth-order valence-corrected chi connectivity index (χ4v) is 3.63. The van der Waals surface area contributed by atoms with E-state index in [4.69, 9.17) is 0 Å². The molecule has 1 fully saturated rings. The lowest BCUT2D eigenvalue weighted by Gasteiger charge is -2.38.